The van der Waals surface area contributed by atoms with E-state index in [-0.39, 0.29) is 24.0 Å². The molecule has 0 radical (unpaired) electrons. The Morgan fingerprint density at radius 2 is 1.72 bits per heavy atom. The maximum Gasteiger partial charge on any atom is 0.193 e. The van der Waals surface area contributed by atoms with Gasteiger partial charge in [0.1, 0.15) is 0 Å². The lowest BCUT2D eigenvalue weighted by atomic mass is 10.1. The van der Waals surface area contributed by atoms with Crippen molar-refractivity contribution in [2.45, 2.75) is 26.4 Å². The monoisotopic (exact) mass is 515 g/mol. The number of likely N-dealkylation sites (tertiary alicyclic amines) is 1. The van der Waals surface area contributed by atoms with Gasteiger partial charge in [-0.05, 0) is 24.1 Å². The molecule has 3 rings (SSSR count). The van der Waals surface area contributed by atoms with E-state index in [9.17, 15) is 0 Å². The zero-order chi connectivity index (χ0) is 19.8. The highest BCUT2D eigenvalue weighted by molar-refractivity contribution is 14.0. The number of piperazine rings is 1. The van der Waals surface area contributed by atoms with Crippen LogP contribution in [0.1, 0.15) is 24.5 Å². The molecule has 2 aliphatic heterocycles. The van der Waals surface area contributed by atoms with Gasteiger partial charge < -0.3 is 19.9 Å². The van der Waals surface area contributed by atoms with E-state index in [0.717, 1.165) is 38.7 Å². The number of benzene rings is 1. The molecule has 1 atom stereocenters. The molecule has 0 aliphatic carbocycles. The lowest BCUT2D eigenvalue weighted by Gasteiger charge is -2.34. The van der Waals surface area contributed by atoms with Gasteiger partial charge in [0.25, 0.3) is 0 Å². The van der Waals surface area contributed by atoms with Crippen LogP contribution in [-0.4, -0.2) is 87.2 Å². The first-order chi connectivity index (χ1) is 13.7. The van der Waals surface area contributed by atoms with Crippen molar-refractivity contribution in [2.75, 3.05) is 66.6 Å². The SMILES string of the molecule is CCN1CCN(Cc2ccc(CNC(=NC)N3CCC(COC)C3)cc2)CC1.I. The summed E-state index contributed by atoms with van der Waals surface area (Å²) in [5, 5.41) is 3.52. The molecule has 2 saturated heterocycles. The Labute approximate surface area is 193 Å². The largest absolute Gasteiger partial charge is 0.384 e. The summed E-state index contributed by atoms with van der Waals surface area (Å²) in [4.78, 5) is 11.9. The van der Waals surface area contributed by atoms with E-state index in [1.165, 1.54) is 50.3 Å². The lowest BCUT2D eigenvalue weighted by molar-refractivity contribution is 0.132. The quantitative estimate of drug-likeness (QED) is 0.344. The summed E-state index contributed by atoms with van der Waals surface area (Å²) >= 11 is 0. The summed E-state index contributed by atoms with van der Waals surface area (Å²) in [5.74, 6) is 1.61. The smallest absolute Gasteiger partial charge is 0.193 e. The van der Waals surface area contributed by atoms with E-state index in [2.05, 4.69) is 56.2 Å². The van der Waals surface area contributed by atoms with Gasteiger partial charge in [-0.15, -0.1) is 24.0 Å². The zero-order valence-corrected chi connectivity index (χ0v) is 20.6. The summed E-state index contributed by atoms with van der Waals surface area (Å²) in [7, 11) is 3.65. The Kier molecular flexibility index (Phi) is 10.7. The first-order valence-corrected chi connectivity index (χ1v) is 10.7. The van der Waals surface area contributed by atoms with E-state index in [0.29, 0.717) is 5.92 Å². The molecule has 1 aromatic carbocycles. The predicted molar refractivity (Wildman–Crippen MR) is 131 cm³/mol. The molecule has 2 aliphatic rings. The summed E-state index contributed by atoms with van der Waals surface area (Å²) < 4.78 is 5.30. The molecule has 0 aromatic heterocycles. The number of nitrogens with one attached hydrogen (secondary N) is 1. The van der Waals surface area contributed by atoms with Gasteiger partial charge in [-0.3, -0.25) is 9.89 Å². The van der Waals surface area contributed by atoms with Gasteiger partial charge in [0.15, 0.2) is 5.96 Å². The van der Waals surface area contributed by atoms with E-state index < -0.39 is 0 Å². The zero-order valence-electron chi connectivity index (χ0n) is 18.3. The van der Waals surface area contributed by atoms with Crippen LogP contribution in [0.4, 0.5) is 0 Å². The van der Waals surface area contributed by atoms with Crippen molar-refractivity contribution in [1.29, 1.82) is 0 Å². The van der Waals surface area contributed by atoms with Crippen molar-refractivity contribution in [3.8, 4) is 0 Å². The molecule has 0 amide bonds. The van der Waals surface area contributed by atoms with Crippen LogP contribution in [0.25, 0.3) is 0 Å². The van der Waals surface area contributed by atoms with Crippen molar-refractivity contribution in [1.82, 2.24) is 20.0 Å². The minimum atomic E-state index is 0. The number of nitrogens with zero attached hydrogens (tertiary/aromatic N) is 4. The third kappa shape index (κ3) is 7.38. The molecular formula is C22H38IN5O. The van der Waals surface area contributed by atoms with E-state index in [1.54, 1.807) is 7.11 Å². The fourth-order valence-corrected chi connectivity index (χ4v) is 4.19. The number of guanidine groups is 1. The Morgan fingerprint density at radius 1 is 1.07 bits per heavy atom. The number of ether oxygens (including phenoxy) is 1. The third-order valence-electron chi connectivity index (χ3n) is 5.99. The van der Waals surface area contributed by atoms with Gasteiger partial charge >= 0.3 is 0 Å². The van der Waals surface area contributed by atoms with Crippen molar-refractivity contribution in [3.05, 3.63) is 35.4 Å². The summed E-state index contributed by atoms with van der Waals surface area (Å²) in [5.41, 5.74) is 2.70. The second-order valence-corrected chi connectivity index (χ2v) is 7.98. The highest BCUT2D eigenvalue weighted by Crippen LogP contribution is 2.16. The molecule has 2 heterocycles. The van der Waals surface area contributed by atoms with Crippen LogP contribution in [0.15, 0.2) is 29.3 Å². The van der Waals surface area contributed by atoms with Crippen LogP contribution in [0, 0.1) is 5.92 Å². The molecule has 7 heteroatoms. The Balaban J connectivity index is 0.00000300. The van der Waals surface area contributed by atoms with E-state index in [1.807, 2.05) is 7.05 Å². The Bertz CT molecular complexity index is 616. The molecule has 1 aromatic rings. The number of hydrogen-bond acceptors (Lipinski definition) is 4. The number of aliphatic imine (C=N–C) groups is 1. The third-order valence-corrected chi connectivity index (χ3v) is 5.99. The Hall–Kier alpha value is -0.900. The standard InChI is InChI=1S/C22H37N5O.HI/c1-4-25-11-13-26(14-12-25)16-20-7-5-19(6-8-20)15-24-22(23-2)27-10-9-21(17-27)18-28-3;/h5-8,21H,4,9-18H2,1-3H3,(H,23,24);1H. The highest BCUT2D eigenvalue weighted by Gasteiger charge is 2.24. The normalized spacial score (nSPS) is 21.3. The van der Waals surface area contributed by atoms with E-state index in [4.69, 9.17) is 4.74 Å². The van der Waals surface area contributed by atoms with Gasteiger partial charge in [-0.25, -0.2) is 0 Å². The maximum absolute atomic E-state index is 5.30. The molecule has 29 heavy (non-hydrogen) atoms. The fraction of sp³-hybridized carbons (Fsp3) is 0.682. The minimum absolute atomic E-state index is 0. The summed E-state index contributed by atoms with van der Waals surface area (Å²) in [6.07, 6.45) is 1.18. The van der Waals surface area contributed by atoms with Crippen LogP contribution < -0.4 is 5.32 Å². The molecule has 0 spiro atoms. The van der Waals surface area contributed by atoms with Crippen LogP contribution >= 0.6 is 24.0 Å². The van der Waals surface area contributed by atoms with Crippen molar-refractivity contribution < 1.29 is 4.74 Å². The molecule has 1 N–H and O–H groups in total. The fourth-order valence-electron chi connectivity index (χ4n) is 4.19. The molecular weight excluding hydrogens is 477 g/mol. The molecule has 0 bridgehead atoms. The molecule has 2 fully saturated rings. The number of methoxy groups -OCH3 is 1. The minimum Gasteiger partial charge on any atom is -0.384 e. The van der Waals surface area contributed by atoms with Gasteiger partial charge in [-0.1, -0.05) is 31.2 Å². The van der Waals surface area contributed by atoms with Crippen LogP contribution in [0.2, 0.25) is 0 Å². The molecule has 6 nitrogen and oxygen atoms in total. The average molecular weight is 515 g/mol. The number of likely N-dealkylation sites (N-methyl/N-ethyl adjacent to an activating group) is 1. The number of rotatable bonds is 7. The van der Waals surface area contributed by atoms with Crippen LogP contribution in [0.3, 0.4) is 0 Å². The van der Waals surface area contributed by atoms with Crippen molar-refractivity contribution >= 4 is 29.9 Å². The first-order valence-electron chi connectivity index (χ1n) is 10.7. The van der Waals surface area contributed by atoms with Crippen molar-refractivity contribution in [2.24, 2.45) is 10.9 Å². The molecule has 0 saturated carbocycles. The van der Waals surface area contributed by atoms with E-state index >= 15 is 0 Å². The van der Waals surface area contributed by atoms with Gasteiger partial charge in [0.05, 0.1) is 6.61 Å². The second kappa shape index (κ2) is 12.7. The number of hydrogen-bond donors (Lipinski definition) is 1. The summed E-state index contributed by atoms with van der Waals surface area (Å²) in [6, 6.07) is 9.04. The number of halogens is 1. The Morgan fingerprint density at radius 3 is 2.34 bits per heavy atom. The van der Waals surface area contributed by atoms with Gasteiger partial charge in [0, 0.05) is 72.4 Å². The molecule has 164 valence electrons. The average Bonchev–Trinajstić information content (AvgIpc) is 3.19. The first kappa shape index (κ1) is 24.4. The van der Waals surface area contributed by atoms with Crippen LogP contribution in [-0.2, 0) is 17.8 Å². The highest BCUT2D eigenvalue weighted by atomic mass is 127. The van der Waals surface area contributed by atoms with Gasteiger partial charge in [0.2, 0.25) is 0 Å². The molecule has 1 unspecified atom stereocenters. The van der Waals surface area contributed by atoms with Gasteiger partial charge in [-0.2, -0.15) is 0 Å². The van der Waals surface area contributed by atoms with Crippen LogP contribution in [0.5, 0.6) is 0 Å². The second-order valence-electron chi connectivity index (χ2n) is 7.98. The topological polar surface area (TPSA) is 43.3 Å². The predicted octanol–water partition coefficient (Wildman–Crippen LogP) is 2.49. The lowest BCUT2D eigenvalue weighted by Crippen LogP contribution is -2.45. The van der Waals surface area contributed by atoms with Crippen molar-refractivity contribution in [3.63, 3.8) is 0 Å². The summed E-state index contributed by atoms with van der Waals surface area (Å²) in [6.45, 7) is 12.9. The maximum atomic E-state index is 5.30.